The maximum atomic E-state index is 13.5. The Kier molecular flexibility index (Phi) is 6.71. The number of aryl methyl sites for hydroxylation is 1. The lowest BCUT2D eigenvalue weighted by Gasteiger charge is -2.20. The van der Waals surface area contributed by atoms with Crippen LogP contribution in [0.15, 0.2) is 58.4 Å². The Hall–Kier alpha value is -3.02. The van der Waals surface area contributed by atoms with E-state index in [1.165, 1.54) is 15.4 Å². The smallest absolute Gasteiger partial charge is 0.267 e. The Morgan fingerprint density at radius 1 is 1.19 bits per heavy atom. The fraction of sp³-hybridized carbons (Fsp3) is 0.280. The third-order valence-electron chi connectivity index (χ3n) is 6.23. The van der Waals surface area contributed by atoms with E-state index in [-0.39, 0.29) is 33.4 Å². The van der Waals surface area contributed by atoms with Crippen LogP contribution in [0, 0.1) is 6.92 Å². The predicted molar refractivity (Wildman–Crippen MR) is 147 cm³/mol. The van der Waals surface area contributed by atoms with Gasteiger partial charge in [0.05, 0.1) is 28.0 Å². The predicted octanol–water partition coefficient (Wildman–Crippen LogP) is 3.05. The molecule has 5 rings (SSSR count). The van der Waals surface area contributed by atoms with Gasteiger partial charge in [-0.3, -0.25) is 18.9 Å². The Morgan fingerprint density at radius 3 is 2.69 bits per heavy atom. The summed E-state index contributed by atoms with van der Waals surface area (Å²) >= 11 is 6.50. The first-order valence-corrected chi connectivity index (χ1v) is 14.5. The summed E-state index contributed by atoms with van der Waals surface area (Å²) in [5.74, 6) is -0.0543. The molecule has 1 aromatic carbocycles. The standard InChI is InChI=1S/C25H24N4O4S3/c1-16-7-8-21-27-22(26-11-9-17-5-3-2-4-6-17)19(23(30)28(21)14-16)13-20-24(31)29(25(34)35-20)18-10-12-36(32,33)15-18/h2-8,13-14,18,26H,9-12,15H2,1H3. The summed E-state index contributed by atoms with van der Waals surface area (Å²) < 4.78 is 25.7. The van der Waals surface area contributed by atoms with E-state index in [2.05, 4.69) is 10.3 Å². The molecule has 8 nitrogen and oxygen atoms in total. The van der Waals surface area contributed by atoms with E-state index in [0.717, 1.165) is 29.3 Å². The summed E-state index contributed by atoms with van der Waals surface area (Å²) in [7, 11) is -3.19. The Balaban J connectivity index is 1.50. The highest BCUT2D eigenvalue weighted by molar-refractivity contribution is 8.26. The van der Waals surface area contributed by atoms with Crippen molar-refractivity contribution >= 4 is 61.6 Å². The van der Waals surface area contributed by atoms with Gasteiger partial charge in [-0.2, -0.15) is 0 Å². The molecule has 0 bridgehead atoms. The molecule has 11 heteroatoms. The summed E-state index contributed by atoms with van der Waals surface area (Å²) in [6, 6.07) is 13.2. The number of pyridine rings is 1. The molecule has 0 radical (unpaired) electrons. The first-order chi connectivity index (χ1) is 17.2. The number of hydrogen-bond donors (Lipinski definition) is 1. The second kappa shape index (κ2) is 9.79. The molecule has 0 saturated carbocycles. The molecule has 0 spiro atoms. The molecule has 2 saturated heterocycles. The number of anilines is 1. The highest BCUT2D eigenvalue weighted by atomic mass is 32.2. The fourth-order valence-corrected chi connectivity index (χ4v) is 7.48. The number of benzene rings is 1. The van der Waals surface area contributed by atoms with Crippen LogP contribution in [0.25, 0.3) is 11.7 Å². The van der Waals surface area contributed by atoms with Crippen LogP contribution in [0.1, 0.15) is 23.1 Å². The van der Waals surface area contributed by atoms with Crippen molar-refractivity contribution in [3.8, 4) is 0 Å². The van der Waals surface area contributed by atoms with Crippen molar-refractivity contribution in [3.63, 3.8) is 0 Å². The van der Waals surface area contributed by atoms with Crippen molar-refractivity contribution < 1.29 is 13.2 Å². The van der Waals surface area contributed by atoms with Gasteiger partial charge in [0, 0.05) is 12.7 Å². The van der Waals surface area contributed by atoms with E-state index in [9.17, 15) is 18.0 Å². The number of carbonyl (C=O) groups is 1. The third-order valence-corrected chi connectivity index (χ3v) is 9.31. The highest BCUT2D eigenvalue weighted by Crippen LogP contribution is 2.36. The molecule has 2 aromatic heterocycles. The molecule has 1 atom stereocenters. The molecule has 0 aliphatic carbocycles. The van der Waals surface area contributed by atoms with Gasteiger partial charge >= 0.3 is 0 Å². The quantitative estimate of drug-likeness (QED) is 0.376. The highest BCUT2D eigenvalue weighted by Gasteiger charge is 2.42. The lowest BCUT2D eigenvalue weighted by molar-refractivity contribution is -0.123. The molecular weight excluding hydrogens is 517 g/mol. The van der Waals surface area contributed by atoms with Gasteiger partial charge in [-0.05, 0) is 43.0 Å². The SMILES string of the molecule is Cc1ccc2nc(NCCc3ccccc3)c(C=C3SC(=S)N(C4CCS(=O)(=O)C4)C3=O)c(=O)n2c1. The number of aromatic nitrogens is 2. The third kappa shape index (κ3) is 4.95. The van der Waals surface area contributed by atoms with Gasteiger partial charge < -0.3 is 5.32 Å². The molecule has 2 aliphatic rings. The van der Waals surface area contributed by atoms with Gasteiger partial charge in [0.15, 0.2) is 9.84 Å². The van der Waals surface area contributed by atoms with E-state index in [1.54, 1.807) is 12.3 Å². The van der Waals surface area contributed by atoms with Crippen molar-refractivity contribution in [2.75, 3.05) is 23.4 Å². The second-order valence-electron chi connectivity index (χ2n) is 8.88. The van der Waals surface area contributed by atoms with Gasteiger partial charge in [0.2, 0.25) is 0 Å². The zero-order valence-electron chi connectivity index (χ0n) is 19.5. The number of thioether (sulfide) groups is 1. The molecule has 3 aromatic rings. The number of sulfone groups is 1. The second-order valence-corrected chi connectivity index (χ2v) is 12.8. The number of carbonyl (C=O) groups excluding carboxylic acids is 1. The molecule has 4 heterocycles. The molecular formula is C25H24N4O4S3. The molecule has 2 fully saturated rings. The van der Waals surface area contributed by atoms with Crippen molar-refractivity contribution in [2.45, 2.75) is 25.8 Å². The van der Waals surface area contributed by atoms with Crippen LogP contribution in [-0.2, 0) is 21.1 Å². The summed E-state index contributed by atoms with van der Waals surface area (Å²) in [6.45, 7) is 2.43. The largest absolute Gasteiger partial charge is 0.369 e. The molecule has 1 unspecified atom stereocenters. The molecule has 2 aliphatic heterocycles. The van der Waals surface area contributed by atoms with Gasteiger partial charge in [0.1, 0.15) is 15.8 Å². The van der Waals surface area contributed by atoms with Crippen molar-refractivity contribution in [1.82, 2.24) is 14.3 Å². The van der Waals surface area contributed by atoms with Gasteiger partial charge in [-0.1, -0.05) is 60.4 Å². The van der Waals surface area contributed by atoms with Crippen LogP contribution in [-0.4, -0.2) is 57.0 Å². The molecule has 1 amide bonds. The summed E-state index contributed by atoms with van der Waals surface area (Å²) in [6.07, 6.45) is 4.32. The minimum absolute atomic E-state index is 0.0402. The Bertz CT molecular complexity index is 1570. The maximum absolute atomic E-state index is 13.5. The van der Waals surface area contributed by atoms with E-state index >= 15 is 0 Å². The molecule has 1 N–H and O–H groups in total. The summed E-state index contributed by atoms with van der Waals surface area (Å²) in [4.78, 5) is 33.1. The number of nitrogens with zero attached hydrogens (tertiary/aromatic N) is 3. The van der Waals surface area contributed by atoms with Crippen molar-refractivity contribution in [3.05, 3.63) is 80.6 Å². The summed E-state index contributed by atoms with van der Waals surface area (Å²) in [5, 5.41) is 3.27. The lowest BCUT2D eigenvalue weighted by atomic mass is 10.1. The average molecular weight is 541 g/mol. The first-order valence-electron chi connectivity index (χ1n) is 11.5. The van der Waals surface area contributed by atoms with E-state index < -0.39 is 15.9 Å². The Labute approximate surface area is 218 Å². The van der Waals surface area contributed by atoms with Gasteiger partial charge in [-0.15, -0.1) is 0 Å². The molecule has 36 heavy (non-hydrogen) atoms. The number of nitrogens with one attached hydrogen (secondary N) is 1. The topological polar surface area (TPSA) is 101 Å². The number of hydrogen-bond acceptors (Lipinski definition) is 8. The Morgan fingerprint density at radius 2 is 1.97 bits per heavy atom. The van der Waals surface area contributed by atoms with E-state index in [4.69, 9.17) is 12.2 Å². The average Bonchev–Trinajstić information content (AvgIpc) is 3.34. The van der Waals surface area contributed by atoms with Crippen molar-refractivity contribution in [2.24, 2.45) is 0 Å². The number of thiocarbonyl (C=S) groups is 1. The van der Waals surface area contributed by atoms with Crippen molar-refractivity contribution in [1.29, 1.82) is 0 Å². The van der Waals surface area contributed by atoms with E-state index in [1.807, 2.05) is 43.3 Å². The van der Waals surface area contributed by atoms with Gasteiger partial charge in [-0.25, -0.2) is 13.4 Å². The zero-order chi connectivity index (χ0) is 25.4. The number of fused-ring (bicyclic) bond motifs is 1. The first kappa shape index (κ1) is 24.7. The number of amides is 1. The number of rotatable bonds is 6. The van der Waals surface area contributed by atoms with Crippen LogP contribution in [0.3, 0.4) is 0 Å². The summed E-state index contributed by atoms with van der Waals surface area (Å²) in [5.41, 5.74) is 2.49. The van der Waals surface area contributed by atoms with Crippen LogP contribution in [0.4, 0.5) is 5.82 Å². The van der Waals surface area contributed by atoms with Crippen LogP contribution in [0.2, 0.25) is 0 Å². The van der Waals surface area contributed by atoms with Crippen LogP contribution in [0.5, 0.6) is 0 Å². The van der Waals surface area contributed by atoms with Gasteiger partial charge in [0.25, 0.3) is 11.5 Å². The van der Waals surface area contributed by atoms with Crippen LogP contribution >= 0.6 is 24.0 Å². The minimum atomic E-state index is -3.19. The monoisotopic (exact) mass is 540 g/mol. The normalized spacial score (nSPS) is 20.5. The maximum Gasteiger partial charge on any atom is 0.267 e. The zero-order valence-corrected chi connectivity index (χ0v) is 22.0. The minimum Gasteiger partial charge on any atom is -0.369 e. The van der Waals surface area contributed by atoms with E-state index in [0.29, 0.717) is 28.8 Å². The van der Waals surface area contributed by atoms with Crippen LogP contribution < -0.4 is 10.9 Å². The molecule has 186 valence electrons. The lowest BCUT2D eigenvalue weighted by Crippen LogP contribution is -2.39. The fourth-order valence-electron chi connectivity index (χ4n) is 4.40.